The van der Waals surface area contributed by atoms with Gasteiger partial charge < -0.3 is 9.64 Å². The quantitative estimate of drug-likeness (QED) is 0.574. The van der Waals surface area contributed by atoms with Crippen LogP contribution in [0.25, 0.3) is 11.3 Å². The molecule has 1 fully saturated rings. The number of aromatic amines is 1. The lowest BCUT2D eigenvalue weighted by molar-refractivity contribution is -0.141. The monoisotopic (exact) mass is 486 g/mol. The van der Waals surface area contributed by atoms with Crippen molar-refractivity contribution < 1.29 is 14.3 Å². The van der Waals surface area contributed by atoms with Crippen molar-refractivity contribution in [2.24, 2.45) is 0 Å². The van der Waals surface area contributed by atoms with Gasteiger partial charge in [-0.1, -0.05) is 36.9 Å². The number of aromatic nitrogens is 2. The number of imide groups is 1. The van der Waals surface area contributed by atoms with E-state index >= 15 is 0 Å². The number of nitrogens with one attached hydrogen (secondary N) is 1. The molecule has 1 N–H and O–H groups in total. The van der Waals surface area contributed by atoms with Gasteiger partial charge in [0, 0.05) is 31.3 Å². The number of rotatable bonds is 8. The summed E-state index contributed by atoms with van der Waals surface area (Å²) in [6.07, 6.45) is 4.66. The summed E-state index contributed by atoms with van der Waals surface area (Å²) in [6, 6.07) is 6.74. The van der Waals surface area contributed by atoms with Gasteiger partial charge >= 0.3 is 0 Å². The van der Waals surface area contributed by atoms with Gasteiger partial charge in [-0.3, -0.25) is 24.4 Å². The Morgan fingerprint density at radius 2 is 1.79 bits per heavy atom. The second-order valence-corrected chi connectivity index (χ2v) is 9.12. The Labute approximate surface area is 204 Å². The fraction of sp³-hybridized carbons (Fsp3) is 0.480. The van der Waals surface area contributed by atoms with Crippen LogP contribution in [0.1, 0.15) is 57.2 Å². The molecule has 1 aliphatic carbocycles. The molecule has 34 heavy (non-hydrogen) atoms. The van der Waals surface area contributed by atoms with Crippen molar-refractivity contribution in [1.82, 2.24) is 19.6 Å². The molecule has 0 bridgehead atoms. The number of hydrogen-bond acceptors (Lipinski definition) is 5. The molecule has 1 aliphatic heterocycles. The minimum absolute atomic E-state index is 0.0814. The van der Waals surface area contributed by atoms with E-state index in [2.05, 4.69) is 5.10 Å². The van der Waals surface area contributed by atoms with Crippen molar-refractivity contribution >= 4 is 29.0 Å². The van der Waals surface area contributed by atoms with E-state index in [0.717, 1.165) is 32.1 Å². The van der Waals surface area contributed by atoms with Crippen molar-refractivity contribution in [2.45, 2.75) is 58.6 Å². The third-order valence-electron chi connectivity index (χ3n) is 6.68. The Kier molecular flexibility index (Phi) is 7.28. The maximum atomic E-state index is 13.9. The molecule has 2 heterocycles. The number of carbonyl (C=O) groups is 2. The number of nitrogens with zero attached hydrogens (tertiary/aromatic N) is 3. The molecule has 2 aliphatic rings. The predicted molar refractivity (Wildman–Crippen MR) is 131 cm³/mol. The number of likely N-dealkylation sites (N-methyl/N-ethyl adjacent to an activating group) is 1. The number of H-pyrrole nitrogens is 1. The van der Waals surface area contributed by atoms with Crippen molar-refractivity contribution in [2.75, 3.05) is 20.2 Å². The smallest absolute Gasteiger partial charge is 0.279 e. The van der Waals surface area contributed by atoms with Crippen molar-refractivity contribution in [3.63, 3.8) is 0 Å². The Balaban J connectivity index is 1.92. The van der Waals surface area contributed by atoms with Crippen LogP contribution in [0, 0.1) is 0 Å². The first-order valence-electron chi connectivity index (χ1n) is 11.9. The summed E-state index contributed by atoms with van der Waals surface area (Å²) in [5, 5.41) is 3.56. The summed E-state index contributed by atoms with van der Waals surface area (Å²) in [5.41, 5.74) is 1.20. The van der Waals surface area contributed by atoms with Crippen LogP contribution in [0.4, 0.5) is 0 Å². The van der Waals surface area contributed by atoms with Gasteiger partial charge in [0.2, 0.25) is 0 Å². The van der Waals surface area contributed by atoms with Crippen molar-refractivity contribution in [1.29, 1.82) is 0 Å². The Morgan fingerprint density at radius 3 is 2.41 bits per heavy atom. The zero-order chi connectivity index (χ0) is 24.4. The summed E-state index contributed by atoms with van der Waals surface area (Å²) in [6.45, 7) is 5.04. The second-order valence-electron chi connectivity index (χ2n) is 8.69. The Morgan fingerprint density at radius 1 is 1.09 bits per heavy atom. The predicted octanol–water partition coefficient (Wildman–Crippen LogP) is 3.72. The van der Waals surface area contributed by atoms with E-state index < -0.39 is 11.5 Å². The highest BCUT2D eigenvalue weighted by atomic mass is 35.5. The number of benzene rings is 1. The molecule has 4 rings (SSSR count). The van der Waals surface area contributed by atoms with Gasteiger partial charge in [0.1, 0.15) is 5.70 Å². The molecule has 9 heteroatoms. The first kappa shape index (κ1) is 24.3. The highest BCUT2D eigenvalue weighted by Crippen LogP contribution is 2.36. The molecule has 1 saturated carbocycles. The standard InChI is InChI=1S/C25H31ClN4O4/c1-4-28(5-2)22-21(23(31)29(25(22)33)17-11-7-6-8-12-17)20-19(15-34-3)27-30(24(20)32)18-13-9-10-16(26)14-18/h9-10,13-14,17,27H,4-8,11-12,15H2,1-3H3. The third-order valence-corrected chi connectivity index (χ3v) is 6.92. The number of ether oxygens (including phenoxy) is 1. The SMILES string of the molecule is CCN(CC)C1=C(c2c(COC)[nH]n(-c3cccc(Cl)c3)c2=O)C(=O)N(C2CCCCC2)C1=O. The molecule has 1 aromatic carbocycles. The van der Waals surface area contributed by atoms with Gasteiger partial charge in [-0.2, -0.15) is 0 Å². The van der Waals surface area contributed by atoms with Crippen LogP contribution in [0.15, 0.2) is 34.8 Å². The third kappa shape index (κ3) is 4.20. The van der Waals surface area contributed by atoms with E-state index in [-0.39, 0.29) is 29.7 Å². The Bertz CT molecular complexity index is 1170. The number of methoxy groups -OCH3 is 1. The first-order valence-corrected chi connectivity index (χ1v) is 12.3. The van der Waals surface area contributed by atoms with Crippen LogP contribution in [0.2, 0.25) is 5.02 Å². The molecule has 0 spiro atoms. The lowest BCUT2D eigenvalue weighted by atomic mass is 9.94. The minimum Gasteiger partial charge on any atom is -0.378 e. The summed E-state index contributed by atoms with van der Waals surface area (Å²) in [4.78, 5) is 44.6. The maximum Gasteiger partial charge on any atom is 0.279 e. The second kappa shape index (κ2) is 10.2. The van der Waals surface area contributed by atoms with Crippen molar-refractivity contribution in [3.05, 3.63) is 56.6 Å². The zero-order valence-corrected chi connectivity index (χ0v) is 20.7. The average Bonchev–Trinajstić information content (AvgIpc) is 3.28. The number of carbonyl (C=O) groups excluding carboxylic acids is 2. The minimum atomic E-state index is -0.416. The largest absolute Gasteiger partial charge is 0.378 e. The van der Waals surface area contributed by atoms with Gasteiger partial charge in [-0.05, 0) is 44.9 Å². The Hall–Kier alpha value is -2.84. The molecule has 182 valence electrons. The normalized spacial score (nSPS) is 17.2. The summed E-state index contributed by atoms with van der Waals surface area (Å²) in [7, 11) is 1.52. The summed E-state index contributed by atoms with van der Waals surface area (Å²) < 4.78 is 6.70. The molecule has 1 aromatic heterocycles. The fourth-order valence-corrected chi connectivity index (χ4v) is 5.24. The number of amides is 2. The van der Waals surface area contributed by atoms with Crippen LogP contribution in [-0.4, -0.2) is 57.6 Å². The first-order chi connectivity index (χ1) is 16.4. The van der Waals surface area contributed by atoms with E-state index in [9.17, 15) is 14.4 Å². The molecule has 2 amide bonds. The zero-order valence-electron chi connectivity index (χ0n) is 19.9. The summed E-state index contributed by atoms with van der Waals surface area (Å²) >= 11 is 6.16. The van der Waals surface area contributed by atoms with Gasteiger partial charge in [0.05, 0.1) is 29.1 Å². The number of halogens is 1. The molecule has 2 aromatic rings. The van der Waals surface area contributed by atoms with Crippen LogP contribution in [0.3, 0.4) is 0 Å². The molecule has 0 atom stereocenters. The lowest BCUT2D eigenvalue weighted by Gasteiger charge is -2.30. The van der Waals surface area contributed by atoms with E-state index in [4.69, 9.17) is 16.3 Å². The highest BCUT2D eigenvalue weighted by molar-refractivity contribution is 6.36. The lowest BCUT2D eigenvalue weighted by Crippen LogP contribution is -2.43. The molecule has 8 nitrogen and oxygen atoms in total. The van der Waals surface area contributed by atoms with E-state index in [0.29, 0.717) is 35.2 Å². The van der Waals surface area contributed by atoms with E-state index in [1.807, 2.05) is 18.7 Å². The summed E-state index contributed by atoms with van der Waals surface area (Å²) in [5.74, 6) is -0.709. The van der Waals surface area contributed by atoms with Crippen molar-refractivity contribution in [3.8, 4) is 5.69 Å². The van der Waals surface area contributed by atoms with Crippen LogP contribution in [0.5, 0.6) is 0 Å². The molecule has 0 unspecified atom stereocenters. The van der Waals surface area contributed by atoms with Crippen LogP contribution >= 0.6 is 11.6 Å². The molecule has 0 saturated heterocycles. The van der Waals surface area contributed by atoms with E-state index in [1.165, 1.54) is 16.7 Å². The number of hydrogen-bond donors (Lipinski definition) is 1. The molecule has 0 radical (unpaired) electrons. The van der Waals surface area contributed by atoms with Gasteiger partial charge in [-0.25, -0.2) is 4.68 Å². The molecular weight excluding hydrogens is 456 g/mol. The van der Waals surface area contributed by atoms with Gasteiger partial charge in [-0.15, -0.1) is 0 Å². The topological polar surface area (TPSA) is 87.6 Å². The maximum absolute atomic E-state index is 13.9. The van der Waals surface area contributed by atoms with Gasteiger partial charge in [0.25, 0.3) is 17.4 Å². The fourth-order valence-electron chi connectivity index (χ4n) is 5.05. The van der Waals surface area contributed by atoms with Crippen LogP contribution < -0.4 is 5.56 Å². The van der Waals surface area contributed by atoms with E-state index in [1.54, 1.807) is 24.3 Å². The molecular formula is C25H31ClN4O4. The van der Waals surface area contributed by atoms with Crippen LogP contribution in [-0.2, 0) is 20.9 Å². The van der Waals surface area contributed by atoms with Gasteiger partial charge in [0.15, 0.2) is 0 Å². The average molecular weight is 487 g/mol. The highest BCUT2D eigenvalue weighted by Gasteiger charge is 2.46.